The third-order valence-electron chi connectivity index (χ3n) is 9.69. The fraction of sp³-hybridized carbons (Fsp3) is 0.371. The number of fused-ring (bicyclic) bond motifs is 3. The van der Waals surface area contributed by atoms with E-state index >= 15 is 0 Å². The van der Waals surface area contributed by atoms with Gasteiger partial charge < -0.3 is 24.3 Å². The van der Waals surface area contributed by atoms with Crippen LogP contribution in [0.25, 0.3) is 0 Å². The average molecular weight is 674 g/mol. The van der Waals surface area contributed by atoms with Gasteiger partial charge in [-0.15, -0.1) is 10.2 Å². The summed E-state index contributed by atoms with van der Waals surface area (Å²) in [5.74, 6) is -3.13. The summed E-state index contributed by atoms with van der Waals surface area (Å²) in [4.78, 5) is 39.2. The standard InChI is InChI=1S/C35H34F3N7O4/c1-3-31(47)45-11-12-48-28-17-29(40-19-27(28)45)44-9-6-35(7-10-44)18-22(23-5-4-8-39-33(23)35)16-30(46)41-26(34-43-42-20(2)49-34)15-21-13-24(36)32(38)25(37)14-21/h3-5,8,13-14,17,19,22,26H,1,6-7,9-12,15-16,18H2,2H3,(H,41,46)/t22?,26-/m1/s1. The number of nitrogens with one attached hydrogen (secondary N) is 1. The van der Waals surface area contributed by atoms with Gasteiger partial charge in [0.2, 0.25) is 17.7 Å². The molecule has 3 aliphatic rings. The van der Waals surface area contributed by atoms with E-state index in [9.17, 15) is 22.8 Å². The molecule has 2 amide bonds. The predicted octanol–water partition coefficient (Wildman–Crippen LogP) is 5.01. The van der Waals surface area contributed by atoms with Gasteiger partial charge in [0.1, 0.15) is 29.9 Å². The van der Waals surface area contributed by atoms with E-state index in [0.717, 1.165) is 48.5 Å². The fourth-order valence-electron chi connectivity index (χ4n) is 7.36. The minimum Gasteiger partial charge on any atom is -0.489 e. The molecule has 2 aliphatic heterocycles. The van der Waals surface area contributed by atoms with Crippen LogP contribution in [0, 0.1) is 24.4 Å². The molecular formula is C35H34F3N7O4. The van der Waals surface area contributed by atoms with E-state index in [4.69, 9.17) is 14.1 Å². The van der Waals surface area contributed by atoms with Crippen LogP contribution in [0.5, 0.6) is 5.75 Å². The molecule has 3 aromatic heterocycles. The van der Waals surface area contributed by atoms with Gasteiger partial charge in [-0.3, -0.25) is 14.6 Å². The maximum absolute atomic E-state index is 14.0. The Bertz CT molecular complexity index is 1900. The molecule has 254 valence electrons. The number of carbonyl (C=O) groups is 2. The summed E-state index contributed by atoms with van der Waals surface area (Å²) < 4.78 is 53.0. The number of nitrogens with zero attached hydrogens (tertiary/aromatic N) is 6. The molecule has 0 saturated carbocycles. The van der Waals surface area contributed by atoms with Gasteiger partial charge in [-0.25, -0.2) is 18.2 Å². The van der Waals surface area contributed by atoms with Crippen molar-refractivity contribution in [2.75, 3.05) is 36.0 Å². The molecule has 0 bridgehead atoms. The van der Waals surface area contributed by atoms with Gasteiger partial charge in [0.25, 0.3) is 5.91 Å². The van der Waals surface area contributed by atoms with Gasteiger partial charge in [-0.1, -0.05) is 12.6 Å². The van der Waals surface area contributed by atoms with E-state index in [0.29, 0.717) is 37.7 Å². The topological polar surface area (TPSA) is 127 Å². The summed E-state index contributed by atoms with van der Waals surface area (Å²) in [6.45, 7) is 7.42. The molecule has 1 fully saturated rings. The number of hydrogen-bond acceptors (Lipinski definition) is 9. The molecule has 14 heteroatoms. The van der Waals surface area contributed by atoms with E-state index in [-0.39, 0.29) is 53.3 Å². The van der Waals surface area contributed by atoms with Crippen LogP contribution in [0.3, 0.4) is 0 Å². The Morgan fingerprint density at radius 3 is 2.61 bits per heavy atom. The molecule has 1 N–H and O–H groups in total. The Morgan fingerprint density at radius 2 is 1.90 bits per heavy atom. The lowest BCUT2D eigenvalue weighted by molar-refractivity contribution is -0.122. The first kappa shape index (κ1) is 32.3. The monoisotopic (exact) mass is 673 g/mol. The van der Waals surface area contributed by atoms with Crippen molar-refractivity contribution in [1.82, 2.24) is 25.5 Å². The SMILES string of the molecule is C=CC(=O)N1CCOc2cc(N3CCC4(CC3)CC(CC(=O)N[C@H](Cc3cc(F)c(F)c(F)c3)c3nnc(C)o3)c3cccnc34)ncc21. The minimum atomic E-state index is -1.56. The van der Waals surface area contributed by atoms with Crippen LogP contribution in [0.1, 0.15) is 66.2 Å². The van der Waals surface area contributed by atoms with Crippen molar-refractivity contribution in [3.05, 3.63) is 101 Å². The molecule has 1 spiro atoms. The Hall–Kier alpha value is -5.27. The lowest BCUT2D eigenvalue weighted by Gasteiger charge is -2.40. The average Bonchev–Trinajstić information content (AvgIpc) is 3.67. The molecule has 11 nitrogen and oxygen atoms in total. The first-order valence-electron chi connectivity index (χ1n) is 16.1. The lowest BCUT2D eigenvalue weighted by Crippen LogP contribution is -2.42. The Labute approximate surface area is 280 Å². The van der Waals surface area contributed by atoms with Crippen molar-refractivity contribution >= 4 is 23.3 Å². The second-order valence-electron chi connectivity index (χ2n) is 12.7. The summed E-state index contributed by atoms with van der Waals surface area (Å²) in [5, 5.41) is 10.8. The number of amides is 2. The summed E-state index contributed by atoms with van der Waals surface area (Å²) in [7, 11) is 0. The van der Waals surface area contributed by atoms with Gasteiger partial charge in [0.05, 0.1) is 18.4 Å². The zero-order valence-corrected chi connectivity index (χ0v) is 26.8. The molecule has 1 unspecified atom stereocenters. The van der Waals surface area contributed by atoms with Gasteiger partial charge in [0.15, 0.2) is 17.5 Å². The Kier molecular flexibility index (Phi) is 8.55. The van der Waals surface area contributed by atoms with E-state index in [2.05, 4.69) is 32.0 Å². The largest absolute Gasteiger partial charge is 0.489 e. The lowest BCUT2D eigenvalue weighted by atomic mass is 9.75. The second-order valence-corrected chi connectivity index (χ2v) is 12.7. The normalized spacial score (nSPS) is 18.4. The van der Waals surface area contributed by atoms with E-state index in [1.54, 1.807) is 24.2 Å². The quantitative estimate of drug-likeness (QED) is 0.203. The smallest absolute Gasteiger partial charge is 0.250 e. The van der Waals surface area contributed by atoms with Gasteiger partial charge >= 0.3 is 0 Å². The zero-order chi connectivity index (χ0) is 34.3. The van der Waals surface area contributed by atoms with Gasteiger partial charge in [-0.2, -0.15) is 0 Å². The third-order valence-corrected chi connectivity index (χ3v) is 9.69. The molecule has 1 aliphatic carbocycles. The molecule has 0 radical (unpaired) electrons. The molecular weight excluding hydrogens is 639 g/mol. The number of pyridine rings is 2. The summed E-state index contributed by atoms with van der Waals surface area (Å²) in [6, 6.07) is 6.65. The zero-order valence-electron chi connectivity index (χ0n) is 26.8. The predicted molar refractivity (Wildman–Crippen MR) is 172 cm³/mol. The van der Waals surface area contributed by atoms with Crippen LogP contribution in [0.2, 0.25) is 0 Å². The number of anilines is 2. The molecule has 5 heterocycles. The third kappa shape index (κ3) is 6.22. The van der Waals surface area contributed by atoms with E-state index < -0.39 is 23.5 Å². The molecule has 1 aromatic carbocycles. The van der Waals surface area contributed by atoms with Crippen molar-refractivity contribution < 1.29 is 31.9 Å². The Morgan fingerprint density at radius 1 is 1.12 bits per heavy atom. The Balaban J connectivity index is 1.05. The summed E-state index contributed by atoms with van der Waals surface area (Å²) >= 11 is 0. The van der Waals surface area contributed by atoms with Gasteiger partial charge in [0, 0.05) is 50.5 Å². The van der Waals surface area contributed by atoms with E-state index in [1.165, 1.54) is 6.08 Å². The highest BCUT2D eigenvalue weighted by Gasteiger charge is 2.47. The van der Waals surface area contributed by atoms with Crippen LogP contribution < -0.4 is 19.9 Å². The van der Waals surface area contributed by atoms with Crippen LogP contribution in [-0.4, -0.2) is 58.2 Å². The highest BCUT2D eigenvalue weighted by molar-refractivity contribution is 6.02. The first-order valence-corrected chi connectivity index (χ1v) is 16.1. The molecule has 49 heavy (non-hydrogen) atoms. The molecule has 2 atom stereocenters. The number of aryl methyl sites for hydroxylation is 1. The molecule has 7 rings (SSSR count). The first-order chi connectivity index (χ1) is 23.6. The second kappa shape index (κ2) is 13.0. The number of aromatic nitrogens is 4. The maximum Gasteiger partial charge on any atom is 0.250 e. The van der Waals surface area contributed by atoms with Crippen molar-refractivity contribution in [2.24, 2.45) is 0 Å². The van der Waals surface area contributed by atoms with Crippen LogP contribution in [0.4, 0.5) is 24.7 Å². The number of carbonyl (C=O) groups excluding carboxylic acids is 2. The summed E-state index contributed by atoms with van der Waals surface area (Å²) in [6.07, 6.45) is 7.09. The van der Waals surface area contributed by atoms with Crippen LogP contribution >= 0.6 is 0 Å². The number of ether oxygens (including phenoxy) is 1. The van der Waals surface area contributed by atoms with Crippen LogP contribution in [0.15, 0.2) is 59.8 Å². The fourth-order valence-corrected chi connectivity index (χ4v) is 7.36. The highest BCUT2D eigenvalue weighted by atomic mass is 19.2. The number of piperidine rings is 1. The molecule has 1 saturated heterocycles. The van der Waals surface area contributed by atoms with Crippen molar-refractivity contribution in [2.45, 2.75) is 56.4 Å². The van der Waals surface area contributed by atoms with E-state index in [1.807, 2.05) is 18.2 Å². The van der Waals surface area contributed by atoms with Gasteiger partial charge in [-0.05, 0) is 60.6 Å². The van der Waals surface area contributed by atoms with Crippen molar-refractivity contribution in [1.29, 1.82) is 0 Å². The number of benzene rings is 1. The maximum atomic E-state index is 14.0. The molecule has 4 aromatic rings. The number of hydrogen-bond donors (Lipinski definition) is 1. The highest BCUT2D eigenvalue weighted by Crippen LogP contribution is 2.52. The van der Waals surface area contributed by atoms with Crippen LogP contribution in [-0.2, 0) is 21.4 Å². The summed E-state index contributed by atoms with van der Waals surface area (Å²) in [5.41, 5.74) is 2.53. The number of halogens is 3. The van der Waals surface area contributed by atoms with Crippen molar-refractivity contribution in [3.8, 4) is 5.75 Å². The minimum absolute atomic E-state index is 0.0783. The number of rotatable bonds is 8. The van der Waals surface area contributed by atoms with Crippen molar-refractivity contribution in [3.63, 3.8) is 0 Å².